The van der Waals surface area contributed by atoms with Gasteiger partial charge in [0, 0.05) is 12.4 Å². The second-order valence-corrected chi connectivity index (χ2v) is 4.99. The summed E-state index contributed by atoms with van der Waals surface area (Å²) >= 11 is 0. The third-order valence-electron chi connectivity index (χ3n) is 3.32. The summed E-state index contributed by atoms with van der Waals surface area (Å²) < 4.78 is 11.3. The first-order valence-corrected chi connectivity index (χ1v) is 7.08. The fourth-order valence-electron chi connectivity index (χ4n) is 2.16. The first kappa shape index (κ1) is 14.8. The number of nitrogens with zero attached hydrogens (tertiary/aromatic N) is 1. The average molecular weight is 313 g/mol. The lowest BCUT2D eigenvalue weighted by Gasteiger charge is -2.30. The van der Waals surface area contributed by atoms with Gasteiger partial charge in [0.05, 0.1) is 5.56 Å². The first-order valence-electron chi connectivity index (χ1n) is 7.08. The van der Waals surface area contributed by atoms with Gasteiger partial charge in [-0.3, -0.25) is 25.4 Å². The highest BCUT2D eigenvalue weighted by atomic mass is 16.6. The third kappa shape index (κ3) is 3.23. The van der Waals surface area contributed by atoms with E-state index in [2.05, 4.69) is 15.8 Å². The van der Waals surface area contributed by atoms with Gasteiger partial charge in [-0.15, -0.1) is 0 Å². The van der Waals surface area contributed by atoms with E-state index in [0.717, 1.165) is 0 Å². The van der Waals surface area contributed by atoms with E-state index in [1.54, 1.807) is 43.5 Å². The number of hydrogen-bond acceptors (Lipinski definition) is 5. The predicted molar refractivity (Wildman–Crippen MR) is 80.8 cm³/mol. The van der Waals surface area contributed by atoms with Gasteiger partial charge < -0.3 is 9.47 Å². The Balaban J connectivity index is 1.62. The maximum absolute atomic E-state index is 12.2. The summed E-state index contributed by atoms with van der Waals surface area (Å²) in [7, 11) is 0. The number of para-hydroxylation sites is 2. The largest absolute Gasteiger partial charge is 0.482 e. The number of nitrogens with one attached hydrogen (secondary N) is 2. The molecule has 2 aromatic rings. The number of pyridine rings is 1. The van der Waals surface area contributed by atoms with Crippen molar-refractivity contribution in [2.45, 2.75) is 19.1 Å². The van der Waals surface area contributed by atoms with Crippen LogP contribution in [0.5, 0.6) is 11.5 Å². The van der Waals surface area contributed by atoms with E-state index < -0.39 is 24.0 Å². The quantitative estimate of drug-likeness (QED) is 0.810. The highest BCUT2D eigenvalue weighted by molar-refractivity contribution is 5.95. The maximum atomic E-state index is 12.2. The molecular weight excluding hydrogens is 298 g/mol. The molecular formula is C16H15N3O4. The van der Waals surface area contributed by atoms with Crippen LogP contribution < -0.4 is 20.3 Å². The lowest BCUT2D eigenvalue weighted by Crippen LogP contribution is -2.53. The summed E-state index contributed by atoms with van der Waals surface area (Å²) in [6, 6.07) is 10.3. The summed E-state index contributed by atoms with van der Waals surface area (Å²) in [6.45, 7) is 1.73. The van der Waals surface area contributed by atoms with E-state index in [0.29, 0.717) is 17.1 Å². The molecule has 1 aliphatic rings. The molecule has 23 heavy (non-hydrogen) atoms. The standard InChI is InChI=1S/C16H15N3O4/c1-10-14(23-13-7-3-2-6-12(13)22-10)16(21)19-18-15(20)11-5-4-8-17-9-11/h2-10,14H,1H3,(H,18,20)(H,19,21)/t10-,14-/m1/s1. The summed E-state index contributed by atoms with van der Waals surface area (Å²) in [5.41, 5.74) is 5.01. The molecule has 0 fully saturated rings. The second kappa shape index (κ2) is 6.35. The fraction of sp³-hybridized carbons (Fsp3) is 0.188. The van der Waals surface area contributed by atoms with Crippen molar-refractivity contribution in [3.05, 3.63) is 54.4 Å². The van der Waals surface area contributed by atoms with Gasteiger partial charge in [-0.25, -0.2) is 0 Å². The molecule has 0 aliphatic carbocycles. The number of aromatic nitrogens is 1. The highest BCUT2D eigenvalue weighted by Crippen LogP contribution is 2.33. The van der Waals surface area contributed by atoms with Crippen LogP contribution in [0.3, 0.4) is 0 Å². The van der Waals surface area contributed by atoms with Crippen LogP contribution in [-0.4, -0.2) is 29.0 Å². The Kier molecular flexibility index (Phi) is 4.09. The molecule has 2 N–H and O–H groups in total. The number of hydrogen-bond donors (Lipinski definition) is 2. The van der Waals surface area contributed by atoms with Gasteiger partial charge in [-0.1, -0.05) is 12.1 Å². The summed E-state index contributed by atoms with van der Waals surface area (Å²) in [5.74, 6) is 0.119. The minimum Gasteiger partial charge on any atom is -0.482 e. The van der Waals surface area contributed by atoms with Crippen molar-refractivity contribution in [3.63, 3.8) is 0 Å². The van der Waals surface area contributed by atoms with Crippen LogP contribution >= 0.6 is 0 Å². The minimum atomic E-state index is -0.862. The monoisotopic (exact) mass is 313 g/mol. The number of fused-ring (bicyclic) bond motifs is 1. The van der Waals surface area contributed by atoms with Crippen molar-refractivity contribution in [3.8, 4) is 11.5 Å². The Hall–Kier alpha value is -3.09. The summed E-state index contributed by atoms with van der Waals surface area (Å²) in [5, 5.41) is 0. The summed E-state index contributed by atoms with van der Waals surface area (Å²) in [6.07, 6.45) is 1.61. The van der Waals surface area contributed by atoms with Crippen LogP contribution in [0.2, 0.25) is 0 Å². The minimum absolute atomic E-state index is 0.340. The molecule has 1 aliphatic heterocycles. The lowest BCUT2D eigenvalue weighted by molar-refractivity contribution is -0.134. The van der Waals surface area contributed by atoms with Crippen LogP contribution in [0.25, 0.3) is 0 Å². The molecule has 0 radical (unpaired) electrons. The third-order valence-corrected chi connectivity index (χ3v) is 3.32. The van der Waals surface area contributed by atoms with Gasteiger partial charge >= 0.3 is 0 Å². The highest BCUT2D eigenvalue weighted by Gasteiger charge is 2.34. The van der Waals surface area contributed by atoms with Gasteiger partial charge in [0.2, 0.25) is 6.10 Å². The number of hydrazine groups is 1. The molecule has 0 spiro atoms. The molecule has 2 atom stereocenters. The number of rotatable bonds is 2. The molecule has 2 amide bonds. The Morgan fingerprint density at radius 3 is 2.48 bits per heavy atom. The maximum Gasteiger partial charge on any atom is 0.283 e. The van der Waals surface area contributed by atoms with Crippen molar-refractivity contribution in [1.82, 2.24) is 15.8 Å². The second-order valence-electron chi connectivity index (χ2n) is 4.99. The molecule has 7 nitrogen and oxygen atoms in total. The molecule has 0 saturated carbocycles. The zero-order valence-corrected chi connectivity index (χ0v) is 12.4. The van der Waals surface area contributed by atoms with Crippen molar-refractivity contribution in [1.29, 1.82) is 0 Å². The molecule has 1 aromatic carbocycles. The Morgan fingerprint density at radius 1 is 1.04 bits per heavy atom. The molecule has 3 rings (SSSR count). The van der Waals surface area contributed by atoms with Gasteiger partial charge in [0.1, 0.15) is 6.10 Å². The molecule has 7 heteroatoms. The van der Waals surface area contributed by atoms with Gasteiger partial charge in [-0.05, 0) is 31.2 Å². The van der Waals surface area contributed by atoms with Crippen molar-refractivity contribution in [2.75, 3.05) is 0 Å². The zero-order valence-electron chi connectivity index (χ0n) is 12.4. The van der Waals surface area contributed by atoms with Crippen LogP contribution in [0.4, 0.5) is 0 Å². The van der Waals surface area contributed by atoms with Crippen molar-refractivity contribution >= 4 is 11.8 Å². The molecule has 0 unspecified atom stereocenters. The Morgan fingerprint density at radius 2 is 1.78 bits per heavy atom. The normalized spacial score (nSPS) is 18.8. The van der Waals surface area contributed by atoms with E-state index >= 15 is 0 Å². The number of benzene rings is 1. The topological polar surface area (TPSA) is 89.5 Å². The van der Waals surface area contributed by atoms with Crippen molar-refractivity contribution in [2.24, 2.45) is 0 Å². The van der Waals surface area contributed by atoms with Gasteiger partial charge in [-0.2, -0.15) is 0 Å². The first-order chi connectivity index (χ1) is 11.1. The van der Waals surface area contributed by atoms with Crippen LogP contribution in [0, 0.1) is 0 Å². The molecule has 1 aromatic heterocycles. The van der Waals surface area contributed by atoms with Gasteiger partial charge in [0.25, 0.3) is 11.8 Å². The van der Waals surface area contributed by atoms with Crippen LogP contribution in [-0.2, 0) is 4.79 Å². The van der Waals surface area contributed by atoms with Gasteiger partial charge in [0.15, 0.2) is 11.5 Å². The fourth-order valence-corrected chi connectivity index (χ4v) is 2.16. The SMILES string of the molecule is C[C@H]1Oc2ccccc2O[C@H]1C(=O)NNC(=O)c1cccnc1. The number of carbonyl (C=O) groups is 2. The van der Waals surface area contributed by atoms with E-state index in [-0.39, 0.29) is 0 Å². The van der Waals surface area contributed by atoms with Crippen LogP contribution in [0.15, 0.2) is 48.8 Å². The Bertz CT molecular complexity index is 720. The van der Waals surface area contributed by atoms with Crippen molar-refractivity contribution < 1.29 is 19.1 Å². The number of carbonyl (C=O) groups excluding carboxylic acids is 2. The molecule has 0 bridgehead atoms. The average Bonchev–Trinajstić information content (AvgIpc) is 2.59. The zero-order chi connectivity index (χ0) is 16.2. The predicted octanol–water partition coefficient (Wildman–Crippen LogP) is 1.07. The molecule has 0 saturated heterocycles. The lowest BCUT2D eigenvalue weighted by atomic mass is 10.1. The molecule has 118 valence electrons. The van der Waals surface area contributed by atoms with E-state index in [9.17, 15) is 9.59 Å². The Labute approximate surface area is 132 Å². The smallest absolute Gasteiger partial charge is 0.283 e. The van der Waals surface area contributed by atoms with E-state index in [1.165, 1.54) is 6.20 Å². The summed E-state index contributed by atoms with van der Waals surface area (Å²) in [4.78, 5) is 27.9. The van der Waals surface area contributed by atoms with E-state index in [4.69, 9.17) is 9.47 Å². The molecule has 2 heterocycles. The van der Waals surface area contributed by atoms with E-state index in [1.807, 2.05) is 6.07 Å². The van der Waals surface area contributed by atoms with Crippen LogP contribution in [0.1, 0.15) is 17.3 Å². The number of amides is 2. The number of ether oxygens (including phenoxy) is 2.